The SMILES string of the molecule is Cc1cc(SOO[O-])nc(C)c1C(=O)C(=O)CCCl.[Na+]. The first-order valence-electron chi connectivity index (χ1n) is 5.26. The summed E-state index contributed by atoms with van der Waals surface area (Å²) in [7, 11) is 0. The maximum atomic E-state index is 11.9. The smallest absolute Gasteiger partial charge is 0.691 e. The maximum Gasteiger partial charge on any atom is 1.00 e. The summed E-state index contributed by atoms with van der Waals surface area (Å²) in [5.74, 6) is -1.07. The van der Waals surface area contributed by atoms with Gasteiger partial charge in [0.05, 0.1) is 17.7 Å². The predicted molar refractivity (Wildman–Crippen MR) is 66.4 cm³/mol. The summed E-state index contributed by atoms with van der Waals surface area (Å²) in [4.78, 5) is 27.5. The Morgan fingerprint density at radius 3 is 2.60 bits per heavy atom. The van der Waals surface area contributed by atoms with Gasteiger partial charge in [-0.25, -0.2) is 4.98 Å². The molecule has 0 fully saturated rings. The molecule has 0 unspecified atom stereocenters. The molecule has 0 N–H and O–H groups in total. The van der Waals surface area contributed by atoms with E-state index in [0.29, 0.717) is 28.3 Å². The van der Waals surface area contributed by atoms with Crippen molar-refractivity contribution in [1.29, 1.82) is 0 Å². The first-order valence-corrected chi connectivity index (χ1v) is 6.53. The normalized spacial score (nSPS) is 10.0. The van der Waals surface area contributed by atoms with E-state index in [9.17, 15) is 14.8 Å². The number of Topliss-reactive ketones (excluding diaryl/α,β-unsaturated/α-hetero) is 2. The van der Waals surface area contributed by atoms with Crippen LogP contribution in [0.1, 0.15) is 28.0 Å². The molecule has 1 heterocycles. The van der Waals surface area contributed by atoms with Crippen LogP contribution in [0.5, 0.6) is 0 Å². The second-order valence-corrected chi connectivity index (χ2v) is 4.75. The van der Waals surface area contributed by atoms with Crippen molar-refractivity contribution < 1.29 is 53.8 Å². The number of carbonyl (C=O) groups is 2. The Balaban J connectivity index is 0.00000361. The molecular weight excluding hydrogens is 317 g/mol. The molecule has 0 amide bonds. The molecule has 0 aliphatic heterocycles. The number of halogens is 1. The van der Waals surface area contributed by atoms with Crippen molar-refractivity contribution in [2.75, 3.05) is 5.88 Å². The molecule has 0 spiro atoms. The fraction of sp³-hybridized carbons (Fsp3) is 0.364. The minimum absolute atomic E-state index is 0. The van der Waals surface area contributed by atoms with E-state index in [-0.39, 0.29) is 47.4 Å². The Morgan fingerprint density at radius 2 is 2.10 bits per heavy atom. The number of aromatic nitrogens is 1. The van der Waals surface area contributed by atoms with Crippen LogP contribution in [-0.4, -0.2) is 22.4 Å². The van der Waals surface area contributed by atoms with Gasteiger partial charge < -0.3 is 5.26 Å². The predicted octanol–water partition coefficient (Wildman–Crippen LogP) is -1.69. The van der Waals surface area contributed by atoms with Crippen molar-refractivity contribution in [1.82, 2.24) is 4.98 Å². The zero-order valence-electron chi connectivity index (χ0n) is 11.3. The van der Waals surface area contributed by atoms with E-state index in [2.05, 4.69) is 14.4 Å². The van der Waals surface area contributed by atoms with E-state index in [1.165, 1.54) is 6.07 Å². The van der Waals surface area contributed by atoms with Gasteiger partial charge in [-0.1, -0.05) is 0 Å². The largest absolute Gasteiger partial charge is 1.00 e. The van der Waals surface area contributed by atoms with Crippen LogP contribution < -0.4 is 34.8 Å². The fourth-order valence-corrected chi connectivity index (χ4v) is 2.24. The van der Waals surface area contributed by atoms with E-state index >= 15 is 0 Å². The average molecular weight is 328 g/mol. The molecule has 1 aromatic heterocycles. The first kappa shape index (κ1) is 20.0. The van der Waals surface area contributed by atoms with Crippen LogP contribution in [0, 0.1) is 13.8 Å². The fourth-order valence-electron chi connectivity index (χ4n) is 1.57. The van der Waals surface area contributed by atoms with Gasteiger partial charge in [0.15, 0.2) is 0 Å². The summed E-state index contributed by atoms with van der Waals surface area (Å²) in [6.45, 7) is 3.26. The number of rotatable bonds is 7. The summed E-state index contributed by atoms with van der Waals surface area (Å²) in [6, 6.07) is 1.53. The Labute approximate surface area is 147 Å². The zero-order chi connectivity index (χ0) is 14.4. The summed E-state index contributed by atoms with van der Waals surface area (Å²) < 4.78 is 4.15. The van der Waals surface area contributed by atoms with Crippen LogP contribution in [0.2, 0.25) is 0 Å². The molecule has 0 saturated heterocycles. The Bertz CT molecular complexity index is 477. The van der Waals surface area contributed by atoms with Crippen LogP contribution in [0.25, 0.3) is 0 Å². The van der Waals surface area contributed by atoms with E-state index < -0.39 is 11.6 Å². The van der Waals surface area contributed by atoms with Crippen molar-refractivity contribution in [3.8, 4) is 0 Å². The van der Waals surface area contributed by atoms with Crippen molar-refractivity contribution in [2.45, 2.75) is 25.3 Å². The standard InChI is InChI=1S/C11H12ClNO5S.Na/c1-6-5-9(19-18-17-16)13-7(2)10(6)11(15)8(14)3-4-12;/h5,16H,3-4H2,1-2H3;/q;+1/p-1. The van der Waals surface area contributed by atoms with Gasteiger partial charge in [-0.15, -0.1) is 11.6 Å². The van der Waals surface area contributed by atoms with Gasteiger partial charge >= 0.3 is 29.6 Å². The molecule has 0 aliphatic carbocycles. The van der Waals surface area contributed by atoms with E-state index in [0.717, 1.165) is 0 Å². The van der Waals surface area contributed by atoms with Gasteiger partial charge in [0.25, 0.3) is 0 Å². The molecule has 0 saturated carbocycles. The number of aryl methyl sites for hydroxylation is 2. The Kier molecular flexibility index (Phi) is 9.86. The van der Waals surface area contributed by atoms with Crippen LogP contribution in [0.4, 0.5) is 0 Å². The summed E-state index contributed by atoms with van der Waals surface area (Å²) >= 11 is 6.06. The van der Waals surface area contributed by atoms with Crippen LogP contribution in [-0.2, 0) is 14.2 Å². The summed E-state index contributed by atoms with van der Waals surface area (Å²) in [5.41, 5.74) is 1.20. The molecule has 0 aliphatic rings. The topological polar surface area (TPSA) is 88.5 Å². The monoisotopic (exact) mass is 327 g/mol. The molecule has 20 heavy (non-hydrogen) atoms. The molecule has 0 aromatic carbocycles. The third-order valence-corrected chi connectivity index (χ3v) is 3.02. The second kappa shape index (κ2) is 9.86. The van der Waals surface area contributed by atoms with E-state index in [4.69, 9.17) is 11.6 Å². The third-order valence-electron chi connectivity index (χ3n) is 2.32. The number of carbonyl (C=O) groups excluding carboxylic acids is 2. The van der Waals surface area contributed by atoms with E-state index in [1.54, 1.807) is 13.8 Å². The molecule has 1 rings (SSSR count). The van der Waals surface area contributed by atoms with Crippen molar-refractivity contribution in [3.63, 3.8) is 0 Å². The molecule has 6 nitrogen and oxygen atoms in total. The minimum Gasteiger partial charge on any atom is -0.691 e. The molecule has 104 valence electrons. The quantitative estimate of drug-likeness (QED) is 0.112. The molecule has 0 radical (unpaired) electrons. The third kappa shape index (κ3) is 5.42. The Morgan fingerprint density at radius 1 is 1.45 bits per heavy atom. The van der Waals surface area contributed by atoms with Gasteiger partial charge in [-0.05, 0) is 25.5 Å². The number of hydrogen-bond donors (Lipinski definition) is 0. The number of alkyl halides is 1. The first-order chi connectivity index (χ1) is 9.01. The van der Waals surface area contributed by atoms with Crippen molar-refractivity contribution in [3.05, 3.63) is 22.9 Å². The van der Waals surface area contributed by atoms with Crippen molar-refractivity contribution in [2.24, 2.45) is 0 Å². The van der Waals surface area contributed by atoms with Crippen LogP contribution in [0.3, 0.4) is 0 Å². The summed E-state index contributed by atoms with van der Waals surface area (Å²) in [5, 5.41) is 13.3. The van der Waals surface area contributed by atoms with Gasteiger partial charge in [-0.2, -0.15) is 4.33 Å². The molecular formula is C11H11ClNNaO5S. The van der Waals surface area contributed by atoms with Crippen LogP contribution in [0.15, 0.2) is 11.1 Å². The van der Waals surface area contributed by atoms with Gasteiger partial charge in [-0.3, -0.25) is 14.6 Å². The molecule has 0 atom stereocenters. The van der Waals surface area contributed by atoms with Gasteiger partial charge in [0.1, 0.15) is 5.03 Å². The van der Waals surface area contributed by atoms with E-state index in [1.807, 2.05) is 0 Å². The molecule has 9 heteroatoms. The number of hydrogen-bond acceptors (Lipinski definition) is 7. The average Bonchev–Trinajstić information content (AvgIpc) is 2.35. The maximum absolute atomic E-state index is 11.9. The molecule has 0 bridgehead atoms. The van der Waals surface area contributed by atoms with Crippen LogP contribution >= 0.6 is 23.6 Å². The van der Waals surface area contributed by atoms with Gasteiger partial charge in [0, 0.05) is 17.9 Å². The number of nitrogens with zero attached hydrogens (tertiary/aromatic N) is 1. The van der Waals surface area contributed by atoms with Crippen molar-refractivity contribution >= 4 is 35.2 Å². The number of pyridine rings is 1. The molecule has 1 aromatic rings. The Hall–Kier alpha value is 0.0100. The zero-order valence-corrected chi connectivity index (χ0v) is 14.8. The van der Waals surface area contributed by atoms with Gasteiger partial charge in [0.2, 0.25) is 11.6 Å². The second-order valence-electron chi connectivity index (χ2n) is 3.65. The minimum atomic E-state index is -0.610. The number of ketones is 2. The summed E-state index contributed by atoms with van der Waals surface area (Å²) in [6.07, 6.45) is -0.0110.